The smallest absolute Gasteiger partial charge is 0.410 e. The number of hydrogen-bond donors (Lipinski definition) is 1. The van der Waals surface area contributed by atoms with Gasteiger partial charge in [-0.2, -0.15) is 0 Å². The lowest BCUT2D eigenvalue weighted by Crippen LogP contribution is -2.38. The van der Waals surface area contributed by atoms with Crippen LogP contribution in [0.2, 0.25) is 0 Å². The number of amides is 2. The van der Waals surface area contributed by atoms with Gasteiger partial charge in [-0.05, 0) is 24.1 Å². The maximum absolute atomic E-state index is 12.4. The van der Waals surface area contributed by atoms with Gasteiger partial charge in [0.2, 0.25) is 5.91 Å². The minimum atomic E-state index is -0.317. The van der Waals surface area contributed by atoms with Gasteiger partial charge in [0.15, 0.2) is 0 Å². The van der Waals surface area contributed by atoms with Gasteiger partial charge in [0.25, 0.3) is 0 Å². The van der Waals surface area contributed by atoms with Gasteiger partial charge in [-0.3, -0.25) is 4.79 Å². The lowest BCUT2D eigenvalue weighted by Gasteiger charge is -2.21. The Morgan fingerprint density at radius 1 is 0.960 bits per heavy atom. The Balaban J connectivity index is 1.47. The molecule has 1 aromatic heterocycles. The van der Waals surface area contributed by atoms with Crippen molar-refractivity contribution in [3.05, 3.63) is 59.9 Å². The lowest BCUT2D eigenvalue weighted by molar-refractivity contribution is -0.130. The van der Waals surface area contributed by atoms with Crippen LogP contribution in [0.5, 0.6) is 0 Å². The number of carbonyl (C=O) groups is 2. The highest BCUT2D eigenvalue weighted by Gasteiger charge is 2.23. The molecule has 132 valence electrons. The highest BCUT2D eigenvalue weighted by molar-refractivity contribution is 5.78. The molecule has 0 bridgehead atoms. The minimum Gasteiger partial charge on any atom is -0.445 e. The Bertz CT molecular complexity index is 685. The number of nitrogens with zero attached hydrogens (tertiary/aromatic N) is 2. The number of aromatic nitrogens is 1. The SMILES string of the molecule is O=C(Cc1ccc[nH]1)N1CCCN(C(=O)OCc2ccccc2)CC1. The van der Waals surface area contributed by atoms with Crippen LogP contribution in [0.25, 0.3) is 0 Å². The van der Waals surface area contributed by atoms with Gasteiger partial charge in [-0.25, -0.2) is 4.79 Å². The normalized spacial score (nSPS) is 14.9. The van der Waals surface area contributed by atoms with E-state index in [0.717, 1.165) is 17.7 Å². The molecule has 3 rings (SSSR count). The van der Waals surface area contributed by atoms with Crippen molar-refractivity contribution in [2.75, 3.05) is 26.2 Å². The minimum absolute atomic E-state index is 0.0851. The molecule has 2 heterocycles. The molecule has 1 fully saturated rings. The number of H-pyrrole nitrogens is 1. The average molecular weight is 341 g/mol. The third-order valence-electron chi connectivity index (χ3n) is 4.32. The van der Waals surface area contributed by atoms with Gasteiger partial charge in [0, 0.05) is 38.1 Å². The zero-order chi connectivity index (χ0) is 17.5. The molecule has 2 amide bonds. The van der Waals surface area contributed by atoms with E-state index in [0.29, 0.717) is 32.6 Å². The van der Waals surface area contributed by atoms with Gasteiger partial charge in [0.1, 0.15) is 6.61 Å². The molecule has 0 saturated carbocycles. The highest BCUT2D eigenvalue weighted by atomic mass is 16.6. The highest BCUT2D eigenvalue weighted by Crippen LogP contribution is 2.09. The largest absolute Gasteiger partial charge is 0.445 e. The van der Waals surface area contributed by atoms with Crippen LogP contribution in [-0.4, -0.2) is 53.0 Å². The molecule has 2 aromatic rings. The number of nitrogens with one attached hydrogen (secondary N) is 1. The monoisotopic (exact) mass is 341 g/mol. The van der Waals surface area contributed by atoms with E-state index >= 15 is 0 Å². The molecule has 6 heteroatoms. The number of benzene rings is 1. The van der Waals surface area contributed by atoms with Crippen LogP contribution in [0.3, 0.4) is 0 Å². The van der Waals surface area contributed by atoms with Gasteiger partial charge in [-0.15, -0.1) is 0 Å². The first-order valence-corrected chi connectivity index (χ1v) is 8.58. The molecule has 6 nitrogen and oxygen atoms in total. The van der Waals surface area contributed by atoms with Crippen LogP contribution in [0.15, 0.2) is 48.7 Å². The predicted octanol–water partition coefficient (Wildman–Crippen LogP) is 2.43. The molecule has 0 atom stereocenters. The van der Waals surface area contributed by atoms with Crippen molar-refractivity contribution in [3.63, 3.8) is 0 Å². The molecule has 1 aromatic carbocycles. The Labute approximate surface area is 147 Å². The summed E-state index contributed by atoms with van der Waals surface area (Å²) in [6.45, 7) is 2.59. The van der Waals surface area contributed by atoms with Crippen LogP contribution < -0.4 is 0 Å². The van der Waals surface area contributed by atoms with Crippen molar-refractivity contribution in [1.82, 2.24) is 14.8 Å². The van der Waals surface area contributed by atoms with Gasteiger partial charge in [0.05, 0.1) is 6.42 Å². The zero-order valence-electron chi connectivity index (χ0n) is 14.2. The standard InChI is InChI=1S/C19H23N3O3/c23-18(14-17-8-4-9-20-17)21-10-5-11-22(13-12-21)19(24)25-15-16-6-2-1-3-7-16/h1-4,6-9,20H,5,10-15H2. The van der Waals surface area contributed by atoms with E-state index in [4.69, 9.17) is 4.74 Å². The summed E-state index contributed by atoms with van der Waals surface area (Å²) in [7, 11) is 0. The molecule has 0 aliphatic carbocycles. The second-order valence-electron chi connectivity index (χ2n) is 6.13. The molecular weight excluding hydrogens is 318 g/mol. The van der Waals surface area contributed by atoms with Crippen molar-refractivity contribution < 1.29 is 14.3 Å². The molecule has 25 heavy (non-hydrogen) atoms. The molecule has 1 aliphatic heterocycles. The first-order valence-electron chi connectivity index (χ1n) is 8.58. The van der Waals surface area contributed by atoms with Crippen molar-refractivity contribution in [3.8, 4) is 0 Å². The molecule has 1 aliphatic rings. The second kappa shape index (κ2) is 8.37. The van der Waals surface area contributed by atoms with Crippen LogP contribution >= 0.6 is 0 Å². The summed E-state index contributed by atoms with van der Waals surface area (Å²) in [4.78, 5) is 31.2. The molecule has 1 saturated heterocycles. The maximum Gasteiger partial charge on any atom is 0.410 e. The first-order chi connectivity index (χ1) is 12.2. The fraction of sp³-hybridized carbons (Fsp3) is 0.368. The Morgan fingerprint density at radius 2 is 1.72 bits per heavy atom. The van der Waals surface area contributed by atoms with Crippen LogP contribution in [0.1, 0.15) is 17.7 Å². The summed E-state index contributed by atoms with van der Waals surface area (Å²) in [5.74, 6) is 0.0851. The lowest BCUT2D eigenvalue weighted by atomic mass is 10.2. The molecule has 1 N–H and O–H groups in total. The third-order valence-corrected chi connectivity index (χ3v) is 4.32. The molecular formula is C19H23N3O3. The summed E-state index contributed by atoms with van der Waals surface area (Å²) >= 11 is 0. The Morgan fingerprint density at radius 3 is 2.48 bits per heavy atom. The number of ether oxygens (including phenoxy) is 1. The fourth-order valence-corrected chi connectivity index (χ4v) is 2.91. The van der Waals surface area contributed by atoms with E-state index in [2.05, 4.69) is 4.98 Å². The number of carbonyl (C=O) groups excluding carboxylic acids is 2. The average Bonchev–Trinajstić information content (AvgIpc) is 3.01. The predicted molar refractivity (Wildman–Crippen MR) is 93.9 cm³/mol. The maximum atomic E-state index is 12.4. The van der Waals surface area contributed by atoms with Crippen molar-refractivity contribution in [2.24, 2.45) is 0 Å². The molecule has 0 spiro atoms. The van der Waals surface area contributed by atoms with E-state index < -0.39 is 0 Å². The van der Waals surface area contributed by atoms with E-state index in [1.807, 2.05) is 53.6 Å². The fourth-order valence-electron chi connectivity index (χ4n) is 2.91. The van der Waals surface area contributed by atoms with Gasteiger partial charge in [-0.1, -0.05) is 30.3 Å². The summed E-state index contributed by atoms with van der Waals surface area (Å²) < 4.78 is 5.38. The number of hydrogen-bond acceptors (Lipinski definition) is 3. The van der Waals surface area contributed by atoms with Crippen LogP contribution in [0, 0.1) is 0 Å². The zero-order valence-corrected chi connectivity index (χ0v) is 14.2. The summed E-state index contributed by atoms with van der Waals surface area (Å²) in [6, 6.07) is 13.4. The molecule has 0 unspecified atom stereocenters. The first kappa shape index (κ1) is 17.1. The van der Waals surface area contributed by atoms with E-state index in [-0.39, 0.29) is 18.6 Å². The third kappa shape index (κ3) is 4.86. The topological polar surface area (TPSA) is 65.6 Å². The van der Waals surface area contributed by atoms with Crippen LogP contribution in [0.4, 0.5) is 4.79 Å². The van der Waals surface area contributed by atoms with Crippen molar-refractivity contribution in [2.45, 2.75) is 19.4 Å². The molecule has 0 radical (unpaired) electrons. The van der Waals surface area contributed by atoms with Crippen molar-refractivity contribution >= 4 is 12.0 Å². The van der Waals surface area contributed by atoms with Crippen LogP contribution in [-0.2, 0) is 22.6 Å². The van der Waals surface area contributed by atoms with Crippen molar-refractivity contribution in [1.29, 1.82) is 0 Å². The summed E-state index contributed by atoms with van der Waals surface area (Å²) in [5, 5.41) is 0. The Kier molecular flexibility index (Phi) is 5.72. The quantitative estimate of drug-likeness (QED) is 0.929. The van der Waals surface area contributed by atoms with Gasteiger partial charge < -0.3 is 19.5 Å². The summed E-state index contributed by atoms with van der Waals surface area (Å²) in [5.41, 5.74) is 1.88. The number of rotatable bonds is 4. The van der Waals surface area contributed by atoms with Gasteiger partial charge >= 0.3 is 6.09 Å². The van der Waals surface area contributed by atoms with E-state index in [1.165, 1.54) is 0 Å². The number of aromatic amines is 1. The second-order valence-corrected chi connectivity index (χ2v) is 6.13. The Hall–Kier alpha value is -2.76. The van der Waals surface area contributed by atoms with E-state index in [1.54, 1.807) is 4.90 Å². The summed E-state index contributed by atoms with van der Waals surface area (Å²) in [6.07, 6.45) is 2.63. The van der Waals surface area contributed by atoms with E-state index in [9.17, 15) is 9.59 Å².